The van der Waals surface area contributed by atoms with E-state index < -0.39 is 0 Å². The van der Waals surface area contributed by atoms with Crippen LogP contribution in [0.15, 0.2) is 42.5 Å². The molecule has 31 heavy (non-hydrogen) atoms. The van der Waals surface area contributed by atoms with E-state index in [0.717, 1.165) is 44.0 Å². The van der Waals surface area contributed by atoms with Crippen molar-refractivity contribution in [1.29, 1.82) is 0 Å². The molecule has 2 aliphatic rings. The van der Waals surface area contributed by atoms with E-state index in [1.54, 1.807) is 6.07 Å². The number of rotatable bonds is 6. The highest BCUT2D eigenvalue weighted by molar-refractivity contribution is 5.50. The van der Waals surface area contributed by atoms with E-state index >= 15 is 0 Å². The first-order chi connectivity index (χ1) is 15.0. The lowest BCUT2D eigenvalue weighted by atomic mass is 10.0. The minimum absolute atomic E-state index is 0.136. The molecule has 0 spiro atoms. The van der Waals surface area contributed by atoms with Crippen molar-refractivity contribution in [3.63, 3.8) is 0 Å². The summed E-state index contributed by atoms with van der Waals surface area (Å²) >= 11 is 0. The van der Waals surface area contributed by atoms with Gasteiger partial charge in [-0.15, -0.1) is 0 Å². The maximum atomic E-state index is 14.9. The van der Waals surface area contributed by atoms with Gasteiger partial charge in [0.15, 0.2) is 0 Å². The summed E-state index contributed by atoms with van der Waals surface area (Å²) in [5, 5.41) is 3.62. The fraction of sp³-hybridized carbons (Fsp3) is 0.520. The topological polar surface area (TPSA) is 37.0 Å². The number of morpholine rings is 1. The number of benzene rings is 2. The van der Waals surface area contributed by atoms with Gasteiger partial charge in [0, 0.05) is 50.4 Å². The summed E-state index contributed by atoms with van der Waals surface area (Å²) in [6, 6.07) is 14.3. The highest BCUT2D eigenvalue weighted by atomic mass is 19.1. The van der Waals surface area contributed by atoms with Crippen molar-refractivity contribution in [3.05, 3.63) is 59.4 Å². The van der Waals surface area contributed by atoms with Gasteiger partial charge in [-0.2, -0.15) is 0 Å². The molecule has 0 aliphatic carbocycles. The van der Waals surface area contributed by atoms with Crippen molar-refractivity contribution in [3.8, 4) is 5.75 Å². The first kappa shape index (κ1) is 22.1. The predicted octanol–water partition coefficient (Wildman–Crippen LogP) is 3.98. The molecule has 2 atom stereocenters. The van der Waals surface area contributed by atoms with Gasteiger partial charge in [-0.1, -0.05) is 24.3 Å². The van der Waals surface area contributed by atoms with E-state index in [0.29, 0.717) is 18.9 Å². The number of piperazine rings is 1. The van der Waals surface area contributed by atoms with E-state index in [9.17, 15) is 4.39 Å². The molecule has 0 saturated carbocycles. The van der Waals surface area contributed by atoms with Crippen LogP contribution in [0, 0.1) is 5.82 Å². The Hall–Kier alpha value is -2.15. The van der Waals surface area contributed by atoms with Crippen LogP contribution >= 0.6 is 0 Å². The lowest BCUT2D eigenvalue weighted by molar-refractivity contribution is 0.0986. The summed E-state index contributed by atoms with van der Waals surface area (Å²) < 4.78 is 26.5. The maximum Gasteiger partial charge on any atom is 0.146 e. The monoisotopic (exact) mass is 427 g/mol. The molecule has 0 aromatic heterocycles. The van der Waals surface area contributed by atoms with Crippen LogP contribution in [0.2, 0.25) is 0 Å². The average Bonchev–Trinajstić information content (AvgIpc) is 2.75. The van der Waals surface area contributed by atoms with Crippen LogP contribution in [-0.2, 0) is 11.3 Å². The van der Waals surface area contributed by atoms with Crippen LogP contribution in [0.25, 0.3) is 0 Å². The van der Waals surface area contributed by atoms with Gasteiger partial charge >= 0.3 is 0 Å². The van der Waals surface area contributed by atoms with Crippen molar-refractivity contribution >= 4 is 5.69 Å². The minimum atomic E-state index is -0.145. The Morgan fingerprint density at radius 2 is 2.03 bits per heavy atom. The number of anilines is 1. The molecule has 2 saturated heterocycles. The molecule has 168 valence electrons. The number of hydrogen-bond donors (Lipinski definition) is 1. The van der Waals surface area contributed by atoms with Crippen LogP contribution in [0.5, 0.6) is 5.75 Å². The molecular formula is C25H34FN3O2. The summed E-state index contributed by atoms with van der Waals surface area (Å²) in [5.74, 6) is 0.792. The fourth-order valence-electron chi connectivity index (χ4n) is 4.52. The number of nitrogens with zero attached hydrogens (tertiary/aromatic N) is 2. The Bertz CT molecular complexity index is 876. The van der Waals surface area contributed by atoms with Crippen molar-refractivity contribution < 1.29 is 13.9 Å². The molecule has 2 aromatic rings. The van der Waals surface area contributed by atoms with E-state index in [2.05, 4.69) is 40.2 Å². The van der Waals surface area contributed by atoms with Gasteiger partial charge in [-0.3, -0.25) is 4.90 Å². The summed E-state index contributed by atoms with van der Waals surface area (Å²) in [7, 11) is 0. The number of ether oxygens (including phenoxy) is 2. The van der Waals surface area contributed by atoms with E-state index in [1.165, 1.54) is 5.56 Å². The number of halogens is 1. The number of para-hydroxylation sites is 1. The predicted molar refractivity (Wildman–Crippen MR) is 122 cm³/mol. The molecule has 2 heterocycles. The molecule has 2 aromatic carbocycles. The maximum absolute atomic E-state index is 14.9. The Balaban J connectivity index is 1.44. The summed E-state index contributed by atoms with van der Waals surface area (Å²) in [6.07, 6.45) is 0.136. The molecule has 4 rings (SSSR count). The fourth-order valence-corrected chi connectivity index (χ4v) is 4.52. The Morgan fingerprint density at radius 3 is 2.81 bits per heavy atom. The zero-order valence-corrected chi connectivity index (χ0v) is 18.8. The summed E-state index contributed by atoms with van der Waals surface area (Å²) in [5.41, 5.74) is 2.87. The molecule has 0 unspecified atom stereocenters. The van der Waals surface area contributed by atoms with Crippen LogP contribution < -0.4 is 15.0 Å². The van der Waals surface area contributed by atoms with E-state index in [-0.39, 0.29) is 24.0 Å². The van der Waals surface area contributed by atoms with Crippen molar-refractivity contribution in [1.82, 2.24) is 10.2 Å². The third-order valence-corrected chi connectivity index (χ3v) is 6.01. The second-order valence-corrected chi connectivity index (χ2v) is 8.85. The molecule has 0 radical (unpaired) electrons. The van der Waals surface area contributed by atoms with Gasteiger partial charge in [-0.25, -0.2) is 4.39 Å². The normalized spacial score (nSPS) is 22.7. The standard InChI is InChI=1S/C25H34FN3O2/c1-18(2)31-25-7-5-4-6-21(25)23-16-28(11-10-27-23)15-20-8-9-24(22(26)14-20)29-12-13-30-17-19(29)3/h4-9,14,18-19,23,27H,10-13,15-17H2,1-3H3/t19-,23-/m1/s1. The highest BCUT2D eigenvalue weighted by Crippen LogP contribution is 2.29. The Morgan fingerprint density at radius 1 is 1.19 bits per heavy atom. The molecule has 6 heteroatoms. The molecule has 0 amide bonds. The molecule has 2 aliphatic heterocycles. The largest absolute Gasteiger partial charge is 0.491 e. The molecule has 2 fully saturated rings. The minimum Gasteiger partial charge on any atom is -0.491 e. The first-order valence-corrected chi connectivity index (χ1v) is 11.4. The zero-order valence-electron chi connectivity index (χ0n) is 18.8. The van der Waals surface area contributed by atoms with Gasteiger partial charge in [0.2, 0.25) is 0 Å². The van der Waals surface area contributed by atoms with Crippen LogP contribution in [0.1, 0.15) is 37.9 Å². The molecule has 5 nitrogen and oxygen atoms in total. The zero-order chi connectivity index (χ0) is 21.8. The Labute approximate surface area is 185 Å². The molecular weight excluding hydrogens is 393 g/mol. The summed E-state index contributed by atoms with van der Waals surface area (Å²) in [6.45, 7) is 11.6. The third-order valence-electron chi connectivity index (χ3n) is 6.01. The van der Waals surface area contributed by atoms with Crippen molar-refractivity contribution in [2.24, 2.45) is 0 Å². The van der Waals surface area contributed by atoms with Crippen molar-refractivity contribution in [2.45, 2.75) is 45.5 Å². The van der Waals surface area contributed by atoms with E-state index in [4.69, 9.17) is 9.47 Å². The first-order valence-electron chi connectivity index (χ1n) is 11.4. The lowest BCUT2D eigenvalue weighted by Gasteiger charge is -2.36. The van der Waals surface area contributed by atoms with Gasteiger partial charge in [0.25, 0.3) is 0 Å². The molecule has 0 bridgehead atoms. The average molecular weight is 428 g/mol. The van der Waals surface area contributed by atoms with Gasteiger partial charge < -0.3 is 19.7 Å². The highest BCUT2D eigenvalue weighted by Gasteiger charge is 2.25. The van der Waals surface area contributed by atoms with Crippen LogP contribution in [0.3, 0.4) is 0 Å². The smallest absolute Gasteiger partial charge is 0.146 e. The number of nitrogens with one attached hydrogen (secondary N) is 1. The molecule has 1 N–H and O–H groups in total. The van der Waals surface area contributed by atoms with Gasteiger partial charge in [-0.05, 0) is 44.5 Å². The van der Waals surface area contributed by atoms with Gasteiger partial charge in [0.05, 0.1) is 25.0 Å². The van der Waals surface area contributed by atoms with E-state index in [1.807, 2.05) is 32.0 Å². The van der Waals surface area contributed by atoms with Crippen molar-refractivity contribution in [2.75, 3.05) is 44.3 Å². The quantitative estimate of drug-likeness (QED) is 0.755. The van der Waals surface area contributed by atoms with Crippen LogP contribution in [-0.4, -0.2) is 56.4 Å². The SMILES string of the molecule is CC(C)Oc1ccccc1[C@H]1CN(Cc2ccc(N3CCOC[C@H]3C)c(F)c2)CCN1. The number of hydrogen-bond acceptors (Lipinski definition) is 5. The lowest BCUT2D eigenvalue weighted by Crippen LogP contribution is -2.45. The summed E-state index contributed by atoms with van der Waals surface area (Å²) in [4.78, 5) is 4.49. The Kier molecular flexibility index (Phi) is 7.10. The second kappa shape index (κ2) is 9.98. The third kappa shape index (κ3) is 5.37. The van der Waals surface area contributed by atoms with Crippen LogP contribution in [0.4, 0.5) is 10.1 Å². The second-order valence-electron chi connectivity index (χ2n) is 8.85. The van der Waals surface area contributed by atoms with Gasteiger partial charge in [0.1, 0.15) is 11.6 Å².